The van der Waals surface area contributed by atoms with Gasteiger partial charge in [0.2, 0.25) is 5.91 Å². The maximum atomic E-state index is 12.5. The third-order valence-corrected chi connectivity index (χ3v) is 4.22. The van der Waals surface area contributed by atoms with Gasteiger partial charge >= 0.3 is 0 Å². The van der Waals surface area contributed by atoms with E-state index in [-0.39, 0.29) is 11.8 Å². The molecule has 0 saturated carbocycles. The minimum absolute atomic E-state index is 0.126. The summed E-state index contributed by atoms with van der Waals surface area (Å²) in [7, 11) is 1.84. The van der Waals surface area contributed by atoms with Gasteiger partial charge in [0.15, 0.2) is 0 Å². The Bertz CT molecular complexity index is 634. The number of para-hydroxylation sites is 1. The fourth-order valence-corrected chi connectivity index (χ4v) is 2.83. The average molecular weight is 310 g/mol. The Labute approximate surface area is 137 Å². The predicted molar refractivity (Wildman–Crippen MR) is 92.0 cm³/mol. The summed E-state index contributed by atoms with van der Waals surface area (Å²) in [5, 5.41) is 3.29. The lowest BCUT2D eigenvalue weighted by molar-refractivity contribution is -0.122. The van der Waals surface area contributed by atoms with E-state index in [2.05, 4.69) is 5.32 Å². The number of rotatable bonds is 4. The minimum atomic E-state index is 0.126. The highest BCUT2D eigenvalue weighted by Gasteiger charge is 2.24. The van der Waals surface area contributed by atoms with E-state index in [0.717, 1.165) is 43.1 Å². The second kappa shape index (κ2) is 7.29. The van der Waals surface area contributed by atoms with Crippen molar-refractivity contribution in [2.45, 2.75) is 12.8 Å². The highest BCUT2D eigenvalue weighted by molar-refractivity contribution is 5.94. The van der Waals surface area contributed by atoms with Gasteiger partial charge in [-0.25, -0.2) is 0 Å². The molecule has 23 heavy (non-hydrogen) atoms. The van der Waals surface area contributed by atoms with Gasteiger partial charge in [-0.15, -0.1) is 0 Å². The standard InChI is InChI=1S/C19H22N2O2/c1-21(19(22)15-11-13-20-14-12-15)16-7-9-18(10-8-16)23-17-5-3-2-4-6-17/h2-10,15,20H,11-14H2,1H3. The Morgan fingerprint density at radius 2 is 1.61 bits per heavy atom. The maximum Gasteiger partial charge on any atom is 0.229 e. The van der Waals surface area contributed by atoms with Gasteiger partial charge in [-0.1, -0.05) is 18.2 Å². The van der Waals surface area contributed by atoms with E-state index >= 15 is 0 Å². The van der Waals surface area contributed by atoms with Gasteiger partial charge in [-0.2, -0.15) is 0 Å². The van der Waals surface area contributed by atoms with Gasteiger partial charge in [-0.3, -0.25) is 4.79 Å². The van der Waals surface area contributed by atoms with E-state index in [1.165, 1.54) is 0 Å². The molecule has 0 aliphatic carbocycles. The Hall–Kier alpha value is -2.33. The molecule has 1 aliphatic rings. The Morgan fingerprint density at radius 3 is 2.26 bits per heavy atom. The van der Waals surface area contributed by atoms with E-state index < -0.39 is 0 Å². The molecule has 4 nitrogen and oxygen atoms in total. The van der Waals surface area contributed by atoms with Crippen molar-refractivity contribution < 1.29 is 9.53 Å². The maximum absolute atomic E-state index is 12.5. The summed E-state index contributed by atoms with van der Waals surface area (Å²) in [5.74, 6) is 1.90. The van der Waals surface area contributed by atoms with Crippen molar-refractivity contribution in [2.24, 2.45) is 5.92 Å². The lowest BCUT2D eigenvalue weighted by Crippen LogP contribution is -2.39. The molecule has 0 unspecified atom stereocenters. The zero-order valence-corrected chi connectivity index (χ0v) is 13.4. The molecule has 1 fully saturated rings. The number of carbonyl (C=O) groups is 1. The monoisotopic (exact) mass is 310 g/mol. The molecule has 1 N–H and O–H groups in total. The molecule has 0 aromatic heterocycles. The number of nitrogens with zero attached hydrogens (tertiary/aromatic N) is 1. The normalized spacial score (nSPS) is 15.2. The van der Waals surface area contributed by atoms with Crippen molar-refractivity contribution in [1.29, 1.82) is 0 Å². The SMILES string of the molecule is CN(C(=O)C1CCNCC1)c1ccc(Oc2ccccc2)cc1. The van der Waals surface area contributed by atoms with Gasteiger partial charge in [0, 0.05) is 18.7 Å². The molecule has 1 amide bonds. The van der Waals surface area contributed by atoms with E-state index in [4.69, 9.17) is 4.74 Å². The number of ether oxygens (including phenoxy) is 1. The molecule has 0 radical (unpaired) electrons. The van der Waals surface area contributed by atoms with Crippen LogP contribution in [0.15, 0.2) is 54.6 Å². The molecule has 1 heterocycles. The van der Waals surface area contributed by atoms with Crippen LogP contribution in [0.3, 0.4) is 0 Å². The number of amides is 1. The van der Waals surface area contributed by atoms with Crippen molar-refractivity contribution in [3.63, 3.8) is 0 Å². The number of carbonyl (C=O) groups excluding carboxylic acids is 1. The molecule has 0 bridgehead atoms. The number of piperidine rings is 1. The fraction of sp³-hybridized carbons (Fsp3) is 0.316. The summed E-state index contributed by atoms with van der Waals surface area (Å²) in [6, 6.07) is 17.3. The highest BCUT2D eigenvalue weighted by atomic mass is 16.5. The summed E-state index contributed by atoms with van der Waals surface area (Å²) in [6.45, 7) is 1.85. The number of hydrogen-bond acceptors (Lipinski definition) is 3. The van der Waals surface area contributed by atoms with Gasteiger partial charge in [-0.05, 0) is 62.3 Å². The minimum Gasteiger partial charge on any atom is -0.457 e. The molecule has 3 rings (SSSR count). The first-order valence-electron chi connectivity index (χ1n) is 8.05. The smallest absolute Gasteiger partial charge is 0.229 e. The largest absolute Gasteiger partial charge is 0.457 e. The molecule has 4 heteroatoms. The van der Waals surface area contributed by atoms with Crippen molar-refractivity contribution in [3.8, 4) is 11.5 Å². The molecule has 2 aromatic rings. The predicted octanol–water partition coefficient (Wildman–Crippen LogP) is 3.44. The summed E-state index contributed by atoms with van der Waals surface area (Å²) in [5.41, 5.74) is 0.897. The van der Waals surface area contributed by atoms with E-state index in [0.29, 0.717) is 0 Å². The molecule has 0 atom stereocenters. The fourth-order valence-electron chi connectivity index (χ4n) is 2.83. The summed E-state index contributed by atoms with van der Waals surface area (Å²) in [4.78, 5) is 14.3. The lowest BCUT2D eigenvalue weighted by atomic mass is 9.96. The molecule has 0 spiro atoms. The number of hydrogen-bond donors (Lipinski definition) is 1. The third-order valence-electron chi connectivity index (χ3n) is 4.22. The van der Waals surface area contributed by atoms with Crippen LogP contribution in [0.4, 0.5) is 5.69 Å². The highest BCUT2D eigenvalue weighted by Crippen LogP contribution is 2.25. The van der Waals surface area contributed by atoms with Gasteiger partial charge in [0.25, 0.3) is 0 Å². The van der Waals surface area contributed by atoms with Crippen LogP contribution in [-0.4, -0.2) is 26.0 Å². The zero-order chi connectivity index (χ0) is 16.1. The summed E-state index contributed by atoms with van der Waals surface area (Å²) >= 11 is 0. The second-order valence-corrected chi connectivity index (χ2v) is 5.83. The van der Waals surface area contributed by atoms with Crippen LogP contribution in [0.25, 0.3) is 0 Å². The first-order chi connectivity index (χ1) is 11.2. The first kappa shape index (κ1) is 15.6. The van der Waals surface area contributed by atoms with Crippen molar-refractivity contribution in [2.75, 3.05) is 25.0 Å². The topological polar surface area (TPSA) is 41.6 Å². The van der Waals surface area contributed by atoms with Crippen molar-refractivity contribution in [3.05, 3.63) is 54.6 Å². The zero-order valence-electron chi connectivity index (χ0n) is 13.4. The van der Waals surface area contributed by atoms with Crippen LogP contribution in [0.2, 0.25) is 0 Å². The first-order valence-corrected chi connectivity index (χ1v) is 8.05. The third kappa shape index (κ3) is 3.90. The molecule has 120 valence electrons. The average Bonchev–Trinajstić information content (AvgIpc) is 2.63. The van der Waals surface area contributed by atoms with Crippen LogP contribution in [0.5, 0.6) is 11.5 Å². The molecule has 2 aromatic carbocycles. The molecular weight excluding hydrogens is 288 g/mol. The quantitative estimate of drug-likeness (QED) is 0.940. The number of benzene rings is 2. The number of nitrogens with one attached hydrogen (secondary N) is 1. The molecular formula is C19H22N2O2. The van der Waals surface area contributed by atoms with Crippen molar-refractivity contribution in [1.82, 2.24) is 5.32 Å². The van der Waals surface area contributed by atoms with E-state index in [9.17, 15) is 4.79 Å². The van der Waals surface area contributed by atoms with E-state index in [1.807, 2.05) is 61.6 Å². The number of anilines is 1. The van der Waals surface area contributed by atoms with Crippen molar-refractivity contribution >= 4 is 11.6 Å². The van der Waals surface area contributed by atoms with Crippen LogP contribution < -0.4 is 15.0 Å². The van der Waals surface area contributed by atoms with Gasteiger partial charge in [0.1, 0.15) is 11.5 Å². The molecule has 1 saturated heterocycles. The van der Waals surface area contributed by atoms with Gasteiger partial charge in [0.05, 0.1) is 0 Å². The Balaban J connectivity index is 1.65. The van der Waals surface area contributed by atoms with Crippen LogP contribution in [0, 0.1) is 5.92 Å². The van der Waals surface area contributed by atoms with E-state index in [1.54, 1.807) is 4.90 Å². The Morgan fingerprint density at radius 1 is 1.00 bits per heavy atom. The second-order valence-electron chi connectivity index (χ2n) is 5.83. The Kier molecular flexibility index (Phi) is 4.93. The molecule has 1 aliphatic heterocycles. The van der Waals surface area contributed by atoms with Crippen LogP contribution >= 0.6 is 0 Å². The van der Waals surface area contributed by atoms with Crippen LogP contribution in [-0.2, 0) is 4.79 Å². The van der Waals surface area contributed by atoms with Gasteiger partial charge < -0.3 is 15.0 Å². The summed E-state index contributed by atoms with van der Waals surface area (Å²) < 4.78 is 5.78. The lowest BCUT2D eigenvalue weighted by Gasteiger charge is -2.27. The summed E-state index contributed by atoms with van der Waals surface area (Å²) in [6.07, 6.45) is 1.83. The van der Waals surface area contributed by atoms with Crippen LogP contribution in [0.1, 0.15) is 12.8 Å².